The molecule has 120 valence electrons. The normalized spacial score (nSPS) is 12.8. The number of hydrogen-bond acceptors (Lipinski definition) is 4. The van der Waals surface area contributed by atoms with Crippen LogP contribution in [-0.4, -0.2) is 19.0 Å². The van der Waals surface area contributed by atoms with Gasteiger partial charge in [-0.3, -0.25) is 4.79 Å². The molecule has 0 aliphatic heterocycles. The van der Waals surface area contributed by atoms with Gasteiger partial charge in [-0.25, -0.2) is 4.79 Å². The highest BCUT2D eigenvalue weighted by Crippen LogP contribution is 2.39. The summed E-state index contributed by atoms with van der Waals surface area (Å²) in [7, 11) is 1.38. The van der Waals surface area contributed by atoms with Crippen LogP contribution in [-0.2, 0) is 28.8 Å². The van der Waals surface area contributed by atoms with Gasteiger partial charge < -0.3 is 10.1 Å². The molecule has 1 aromatic heterocycles. The van der Waals surface area contributed by atoms with Gasteiger partial charge in [0.2, 0.25) is 5.91 Å². The van der Waals surface area contributed by atoms with Crippen molar-refractivity contribution in [1.29, 1.82) is 0 Å². The van der Waals surface area contributed by atoms with Crippen LogP contribution >= 0.6 is 11.3 Å². The molecule has 1 aliphatic carbocycles. The van der Waals surface area contributed by atoms with Gasteiger partial charge in [-0.1, -0.05) is 24.3 Å². The molecule has 5 heteroatoms. The van der Waals surface area contributed by atoms with Crippen LogP contribution in [0, 0.1) is 6.92 Å². The van der Waals surface area contributed by atoms with E-state index in [1.807, 2.05) is 31.2 Å². The lowest BCUT2D eigenvalue weighted by atomic mass is 10.1. The minimum atomic E-state index is -0.365. The van der Waals surface area contributed by atoms with Gasteiger partial charge in [0.05, 0.1) is 19.1 Å². The third-order valence-corrected chi connectivity index (χ3v) is 5.38. The highest BCUT2D eigenvalue weighted by molar-refractivity contribution is 7.17. The number of fused-ring (bicyclic) bond motifs is 1. The molecule has 0 saturated heterocycles. The zero-order valence-corrected chi connectivity index (χ0v) is 14.1. The summed E-state index contributed by atoms with van der Waals surface area (Å²) in [5, 5.41) is 3.53. The maximum absolute atomic E-state index is 12.4. The van der Waals surface area contributed by atoms with Crippen molar-refractivity contribution in [1.82, 2.24) is 0 Å². The molecule has 0 saturated carbocycles. The Balaban J connectivity index is 1.82. The topological polar surface area (TPSA) is 55.4 Å². The van der Waals surface area contributed by atoms with E-state index >= 15 is 0 Å². The zero-order chi connectivity index (χ0) is 16.4. The molecule has 23 heavy (non-hydrogen) atoms. The molecule has 0 bridgehead atoms. The molecule has 0 unspecified atom stereocenters. The van der Waals surface area contributed by atoms with E-state index in [2.05, 4.69) is 5.32 Å². The number of amides is 1. The van der Waals surface area contributed by atoms with E-state index in [1.54, 1.807) is 0 Å². The smallest absolute Gasteiger partial charge is 0.341 e. The molecule has 0 spiro atoms. The van der Waals surface area contributed by atoms with Crippen LogP contribution in [0.1, 0.15) is 38.3 Å². The number of benzene rings is 1. The van der Waals surface area contributed by atoms with Gasteiger partial charge in [0, 0.05) is 4.88 Å². The average molecular weight is 329 g/mol. The summed E-state index contributed by atoms with van der Waals surface area (Å²) in [4.78, 5) is 25.6. The molecule has 0 atom stereocenters. The van der Waals surface area contributed by atoms with Gasteiger partial charge in [-0.15, -0.1) is 11.3 Å². The van der Waals surface area contributed by atoms with E-state index in [-0.39, 0.29) is 11.9 Å². The van der Waals surface area contributed by atoms with Crippen LogP contribution in [0.3, 0.4) is 0 Å². The van der Waals surface area contributed by atoms with Crippen molar-refractivity contribution in [2.24, 2.45) is 0 Å². The van der Waals surface area contributed by atoms with Crippen LogP contribution in [0.25, 0.3) is 0 Å². The van der Waals surface area contributed by atoms with Gasteiger partial charge in [-0.05, 0) is 42.9 Å². The Morgan fingerprint density at radius 3 is 2.78 bits per heavy atom. The Hall–Kier alpha value is -2.14. The van der Waals surface area contributed by atoms with Crippen molar-refractivity contribution >= 4 is 28.2 Å². The Kier molecular flexibility index (Phi) is 4.48. The van der Waals surface area contributed by atoms with Crippen LogP contribution < -0.4 is 5.32 Å². The van der Waals surface area contributed by atoms with Crippen molar-refractivity contribution in [2.75, 3.05) is 12.4 Å². The average Bonchev–Trinajstić information content (AvgIpc) is 3.09. The lowest BCUT2D eigenvalue weighted by molar-refractivity contribution is -0.115. The van der Waals surface area contributed by atoms with Gasteiger partial charge in [0.15, 0.2) is 0 Å². The van der Waals surface area contributed by atoms with Crippen molar-refractivity contribution in [2.45, 2.75) is 32.6 Å². The second kappa shape index (κ2) is 6.54. The highest BCUT2D eigenvalue weighted by Gasteiger charge is 2.27. The number of thiophene rings is 1. The first-order chi connectivity index (χ1) is 11.1. The van der Waals surface area contributed by atoms with Gasteiger partial charge >= 0.3 is 5.97 Å². The van der Waals surface area contributed by atoms with E-state index < -0.39 is 0 Å². The molecule has 4 nitrogen and oxygen atoms in total. The summed E-state index contributed by atoms with van der Waals surface area (Å²) in [6.45, 7) is 1.99. The third kappa shape index (κ3) is 3.15. The van der Waals surface area contributed by atoms with E-state index in [9.17, 15) is 9.59 Å². The summed E-state index contributed by atoms with van der Waals surface area (Å²) in [5.74, 6) is -0.472. The lowest BCUT2D eigenvalue weighted by Gasteiger charge is -2.08. The van der Waals surface area contributed by atoms with Crippen LogP contribution in [0.2, 0.25) is 0 Å². The van der Waals surface area contributed by atoms with Crippen LogP contribution in [0.4, 0.5) is 5.00 Å². The van der Waals surface area contributed by atoms with Crippen LogP contribution in [0.5, 0.6) is 0 Å². The van der Waals surface area contributed by atoms with Gasteiger partial charge in [-0.2, -0.15) is 0 Å². The summed E-state index contributed by atoms with van der Waals surface area (Å²) in [6.07, 6.45) is 3.21. The molecule has 3 rings (SSSR count). The summed E-state index contributed by atoms with van der Waals surface area (Å²) in [5.41, 5.74) is 3.68. The number of ether oxygens (including phenoxy) is 1. The number of hydrogen-bond donors (Lipinski definition) is 1. The Bertz CT molecular complexity index is 764. The van der Waals surface area contributed by atoms with Crippen molar-refractivity contribution in [3.05, 3.63) is 51.4 Å². The number of carbonyl (C=O) groups excluding carboxylic acids is 2. The number of nitrogens with one attached hydrogen (secondary N) is 1. The Morgan fingerprint density at radius 2 is 2.04 bits per heavy atom. The van der Waals surface area contributed by atoms with Crippen molar-refractivity contribution in [3.8, 4) is 0 Å². The predicted molar refractivity (Wildman–Crippen MR) is 91.2 cm³/mol. The molecule has 1 aliphatic rings. The number of rotatable bonds is 4. The van der Waals surface area contributed by atoms with E-state index in [1.165, 1.54) is 23.3 Å². The first-order valence-electron chi connectivity index (χ1n) is 7.67. The summed E-state index contributed by atoms with van der Waals surface area (Å²) in [6, 6.07) is 7.82. The van der Waals surface area contributed by atoms with E-state index in [0.29, 0.717) is 17.0 Å². The third-order valence-electron chi connectivity index (χ3n) is 4.18. The van der Waals surface area contributed by atoms with Gasteiger partial charge in [0.1, 0.15) is 5.00 Å². The predicted octanol–water partition coefficient (Wildman–Crippen LogP) is 3.51. The fourth-order valence-corrected chi connectivity index (χ4v) is 4.26. The second-order valence-corrected chi connectivity index (χ2v) is 6.81. The largest absolute Gasteiger partial charge is 0.465 e. The zero-order valence-electron chi connectivity index (χ0n) is 13.3. The number of methoxy groups -OCH3 is 1. The summed E-state index contributed by atoms with van der Waals surface area (Å²) < 4.78 is 4.90. The number of carbonyl (C=O) groups is 2. The van der Waals surface area contributed by atoms with Gasteiger partial charge in [0.25, 0.3) is 0 Å². The maximum atomic E-state index is 12.4. The molecule has 1 N–H and O–H groups in total. The number of anilines is 1. The quantitative estimate of drug-likeness (QED) is 0.873. The monoisotopic (exact) mass is 329 g/mol. The second-order valence-electron chi connectivity index (χ2n) is 5.70. The van der Waals surface area contributed by atoms with Crippen molar-refractivity contribution < 1.29 is 14.3 Å². The molecule has 0 radical (unpaired) electrons. The fourth-order valence-electron chi connectivity index (χ4n) is 2.96. The molecule has 0 fully saturated rings. The molecular formula is C18H19NO3S. The Morgan fingerprint density at radius 1 is 1.26 bits per heavy atom. The van der Waals surface area contributed by atoms with Crippen molar-refractivity contribution in [3.63, 3.8) is 0 Å². The first-order valence-corrected chi connectivity index (χ1v) is 8.49. The molecule has 1 amide bonds. The fraction of sp³-hybridized carbons (Fsp3) is 0.333. The summed E-state index contributed by atoms with van der Waals surface area (Å²) >= 11 is 1.50. The number of esters is 1. The molecule has 2 aromatic rings. The number of aryl methyl sites for hydroxylation is 2. The Labute approximate surface area is 139 Å². The minimum Gasteiger partial charge on any atom is -0.465 e. The highest BCUT2D eigenvalue weighted by atomic mass is 32.1. The van der Waals surface area contributed by atoms with E-state index in [4.69, 9.17) is 4.74 Å². The van der Waals surface area contributed by atoms with Crippen LogP contribution in [0.15, 0.2) is 24.3 Å². The molecule has 1 aromatic carbocycles. The lowest BCUT2D eigenvalue weighted by Crippen LogP contribution is -2.17. The van der Waals surface area contributed by atoms with E-state index in [0.717, 1.165) is 36.0 Å². The standard InChI is InChI=1S/C18H19NO3S/c1-11-6-3-4-7-12(11)10-15(20)19-17-16(18(21)22-2)13-8-5-9-14(13)23-17/h3-4,6-7H,5,8-10H2,1-2H3,(H,19,20). The minimum absolute atomic E-state index is 0.107. The maximum Gasteiger partial charge on any atom is 0.341 e. The molecule has 1 heterocycles. The first kappa shape index (κ1) is 15.7. The SMILES string of the molecule is COC(=O)c1c(NC(=O)Cc2ccccc2C)sc2c1CCC2. The molecular weight excluding hydrogens is 310 g/mol.